The van der Waals surface area contributed by atoms with E-state index >= 15 is 0 Å². The highest BCUT2D eigenvalue weighted by molar-refractivity contribution is 7.89. The Hall–Kier alpha value is -2.18. The lowest BCUT2D eigenvalue weighted by atomic mass is 10.1. The Morgan fingerprint density at radius 2 is 1.42 bits per heavy atom. The van der Waals surface area contributed by atoms with Gasteiger partial charge in [0, 0.05) is 37.4 Å². The van der Waals surface area contributed by atoms with Crippen molar-refractivity contribution >= 4 is 21.5 Å². The van der Waals surface area contributed by atoms with Crippen molar-refractivity contribution in [2.24, 2.45) is 0 Å². The van der Waals surface area contributed by atoms with E-state index < -0.39 is 10.0 Å². The molecule has 5 nitrogen and oxygen atoms in total. The van der Waals surface area contributed by atoms with Gasteiger partial charge in [-0.2, -0.15) is 4.31 Å². The molecule has 2 aromatic rings. The summed E-state index contributed by atoms with van der Waals surface area (Å²) in [6.45, 7) is 7.86. The zero-order valence-electron chi connectivity index (χ0n) is 15.4. The first-order valence-electron chi connectivity index (χ1n) is 8.73. The Kier molecular flexibility index (Phi) is 5.16. The average molecular weight is 372 g/mol. The van der Waals surface area contributed by atoms with Crippen molar-refractivity contribution < 1.29 is 13.2 Å². The molecule has 0 saturated carbocycles. The molecule has 0 unspecified atom stereocenters. The summed E-state index contributed by atoms with van der Waals surface area (Å²) in [6, 6.07) is 12.4. The molecule has 26 heavy (non-hydrogen) atoms. The number of carbonyl (C=O) groups excluding carboxylic acids is 1. The molecule has 0 bridgehead atoms. The summed E-state index contributed by atoms with van der Waals surface area (Å²) in [6.07, 6.45) is 0. The van der Waals surface area contributed by atoms with Crippen molar-refractivity contribution in [2.45, 2.75) is 25.7 Å². The van der Waals surface area contributed by atoms with E-state index in [0.717, 1.165) is 0 Å². The van der Waals surface area contributed by atoms with E-state index in [2.05, 4.69) is 30.9 Å². The highest BCUT2D eigenvalue weighted by atomic mass is 32.2. The minimum Gasteiger partial charge on any atom is -0.368 e. The minimum absolute atomic E-state index is 0.0730. The molecule has 1 aliphatic rings. The number of benzene rings is 2. The van der Waals surface area contributed by atoms with Crippen LogP contribution in [0.4, 0.5) is 5.69 Å². The highest BCUT2D eigenvalue weighted by Crippen LogP contribution is 2.27. The van der Waals surface area contributed by atoms with E-state index in [-0.39, 0.29) is 10.7 Å². The summed E-state index contributed by atoms with van der Waals surface area (Å²) in [5, 5.41) is 0. The fourth-order valence-corrected chi connectivity index (χ4v) is 4.89. The topological polar surface area (TPSA) is 57.7 Å². The van der Waals surface area contributed by atoms with Crippen molar-refractivity contribution in [1.82, 2.24) is 4.31 Å². The number of anilines is 1. The lowest BCUT2D eigenvalue weighted by Gasteiger charge is -2.36. The molecule has 0 aromatic heterocycles. The average Bonchev–Trinajstić information content (AvgIpc) is 2.62. The Labute approximate surface area is 155 Å². The second-order valence-corrected chi connectivity index (χ2v) is 8.65. The second-order valence-electron chi connectivity index (χ2n) is 6.71. The first-order chi connectivity index (χ1) is 12.3. The summed E-state index contributed by atoms with van der Waals surface area (Å²) in [5.74, 6) is -0.0730. The van der Waals surface area contributed by atoms with Gasteiger partial charge >= 0.3 is 0 Å². The van der Waals surface area contributed by atoms with Gasteiger partial charge in [0.2, 0.25) is 10.0 Å². The SMILES string of the molecule is CC(=O)c1ccc(S(=O)(=O)N2CCN(c3c(C)cccc3C)CC2)cc1. The van der Waals surface area contributed by atoms with Crippen LogP contribution in [0, 0.1) is 13.8 Å². The van der Waals surface area contributed by atoms with Crippen molar-refractivity contribution in [2.75, 3.05) is 31.1 Å². The van der Waals surface area contributed by atoms with Crippen LogP contribution in [-0.4, -0.2) is 44.7 Å². The number of Topliss-reactive ketones (excluding diaryl/α,β-unsaturated/α-hetero) is 1. The van der Waals surface area contributed by atoms with Crippen LogP contribution >= 0.6 is 0 Å². The number of piperazine rings is 1. The van der Waals surface area contributed by atoms with E-state index in [1.54, 1.807) is 12.1 Å². The number of hydrogen-bond acceptors (Lipinski definition) is 4. The first kappa shape index (κ1) is 18.6. The third-order valence-corrected chi connectivity index (χ3v) is 6.81. The maximum absolute atomic E-state index is 12.9. The fraction of sp³-hybridized carbons (Fsp3) is 0.350. The van der Waals surface area contributed by atoms with Gasteiger partial charge in [-0.15, -0.1) is 0 Å². The monoisotopic (exact) mass is 372 g/mol. The van der Waals surface area contributed by atoms with Gasteiger partial charge in [-0.1, -0.05) is 30.3 Å². The number of aryl methyl sites for hydroxylation is 2. The number of nitrogens with zero attached hydrogens (tertiary/aromatic N) is 2. The first-order valence-corrected chi connectivity index (χ1v) is 10.2. The molecule has 138 valence electrons. The molecular weight excluding hydrogens is 348 g/mol. The summed E-state index contributed by atoms with van der Waals surface area (Å²) in [7, 11) is -3.53. The predicted octanol–water partition coefficient (Wildman–Crippen LogP) is 3.02. The van der Waals surface area contributed by atoms with Gasteiger partial charge in [0.1, 0.15) is 0 Å². The van der Waals surface area contributed by atoms with Crippen LogP contribution in [0.25, 0.3) is 0 Å². The molecule has 1 aliphatic heterocycles. The van der Waals surface area contributed by atoms with Gasteiger partial charge in [0.05, 0.1) is 4.90 Å². The van der Waals surface area contributed by atoms with Crippen LogP contribution < -0.4 is 4.90 Å². The van der Waals surface area contributed by atoms with E-state index in [1.165, 1.54) is 40.2 Å². The molecular formula is C20H24N2O3S. The van der Waals surface area contributed by atoms with E-state index in [4.69, 9.17) is 0 Å². The Morgan fingerprint density at radius 1 is 0.885 bits per heavy atom. The molecule has 1 heterocycles. The number of ketones is 1. The highest BCUT2D eigenvalue weighted by Gasteiger charge is 2.29. The molecule has 3 rings (SSSR count). The number of rotatable bonds is 4. The summed E-state index contributed by atoms with van der Waals surface area (Å²) in [5.41, 5.74) is 4.14. The van der Waals surface area contributed by atoms with Crippen LogP contribution in [-0.2, 0) is 10.0 Å². The molecule has 0 atom stereocenters. The molecule has 0 N–H and O–H groups in total. The van der Waals surface area contributed by atoms with Gasteiger partial charge in [-0.25, -0.2) is 8.42 Å². The molecule has 1 saturated heterocycles. The molecule has 0 aliphatic carbocycles. The number of carbonyl (C=O) groups is 1. The second kappa shape index (κ2) is 7.21. The van der Waals surface area contributed by atoms with Crippen molar-refractivity contribution in [1.29, 1.82) is 0 Å². The third-order valence-electron chi connectivity index (χ3n) is 4.89. The Balaban J connectivity index is 1.75. The summed E-state index contributed by atoms with van der Waals surface area (Å²) in [4.78, 5) is 13.9. The summed E-state index contributed by atoms with van der Waals surface area (Å²) >= 11 is 0. The van der Waals surface area contributed by atoms with Crippen LogP contribution in [0.3, 0.4) is 0 Å². The van der Waals surface area contributed by atoms with Crippen LogP contribution in [0.5, 0.6) is 0 Å². The molecule has 6 heteroatoms. The smallest absolute Gasteiger partial charge is 0.243 e. The van der Waals surface area contributed by atoms with Gasteiger partial charge < -0.3 is 4.90 Å². The van der Waals surface area contributed by atoms with Crippen LogP contribution in [0.1, 0.15) is 28.4 Å². The zero-order chi connectivity index (χ0) is 18.9. The largest absolute Gasteiger partial charge is 0.368 e. The zero-order valence-corrected chi connectivity index (χ0v) is 16.2. The van der Waals surface area contributed by atoms with E-state index in [1.807, 2.05) is 6.07 Å². The van der Waals surface area contributed by atoms with E-state index in [0.29, 0.717) is 31.7 Å². The lowest BCUT2D eigenvalue weighted by molar-refractivity contribution is 0.101. The lowest BCUT2D eigenvalue weighted by Crippen LogP contribution is -2.49. The Morgan fingerprint density at radius 3 is 1.92 bits per heavy atom. The maximum Gasteiger partial charge on any atom is 0.243 e. The van der Waals surface area contributed by atoms with Gasteiger partial charge in [0.15, 0.2) is 5.78 Å². The van der Waals surface area contributed by atoms with Crippen molar-refractivity contribution in [3.8, 4) is 0 Å². The standard InChI is InChI=1S/C20H24N2O3S/c1-15-5-4-6-16(2)20(15)21-11-13-22(14-12-21)26(24,25)19-9-7-18(8-10-19)17(3)23/h4-10H,11-14H2,1-3H3. The van der Waals surface area contributed by atoms with Crippen LogP contribution in [0.2, 0.25) is 0 Å². The summed E-state index contributed by atoms with van der Waals surface area (Å²) < 4.78 is 27.3. The van der Waals surface area contributed by atoms with Gasteiger partial charge in [0.25, 0.3) is 0 Å². The molecule has 0 spiro atoms. The number of hydrogen-bond donors (Lipinski definition) is 0. The normalized spacial score (nSPS) is 15.9. The molecule has 2 aromatic carbocycles. The van der Waals surface area contributed by atoms with Crippen LogP contribution in [0.15, 0.2) is 47.4 Å². The number of para-hydroxylation sites is 1. The minimum atomic E-state index is -3.53. The fourth-order valence-electron chi connectivity index (χ4n) is 3.47. The molecule has 0 radical (unpaired) electrons. The van der Waals surface area contributed by atoms with Gasteiger partial charge in [-0.3, -0.25) is 4.79 Å². The van der Waals surface area contributed by atoms with E-state index in [9.17, 15) is 13.2 Å². The molecule has 0 amide bonds. The maximum atomic E-state index is 12.9. The third kappa shape index (κ3) is 3.52. The van der Waals surface area contributed by atoms with Crippen molar-refractivity contribution in [3.63, 3.8) is 0 Å². The quantitative estimate of drug-likeness (QED) is 0.774. The van der Waals surface area contributed by atoms with Gasteiger partial charge in [-0.05, 0) is 44.0 Å². The van der Waals surface area contributed by atoms with Crippen molar-refractivity contribution in [3.05, 3.63) is 59.2 Å². The molecule has 1 fully saturated rings. The number of sulfonamides is 1. The predicted molar refractivity (Wildman–Crippen MR) is 103 cm³/mol. The Bertz CT molecular complexity index is 892.